The van der Waals surface area contributed by atoms with Crippen LogP contribution in [0, 0.1) is 5.82 Å². The Kier molecular flexibility index (Phi) is 9.16. The zero-order valence-electron chi connectivity index (χ0n) is 19.3. The van der Waals surface area contributed by atoms with Gasteiger partial charge in [0.2, 0.25) is 0 Å². The molecule has 0 amide bonds. The molecule has 0 spiro atoms. The van der Waals surface area contributed by atoms with Crippen LogP contribution in [0.1, 0.15) is 38.4 Å². The summed E-state index contributed by atoms with van der Waals surface area (Å²) < 4.78 is 33.1. The van der Waals surface area contributed by atoms with E-state index in [2.05, 4.69) is 0 Å². The fraction of sp³-hybridized carbons (Fsp3) is 0.360. The minimum absolute atomic E-state index is 0.0814. The number of nitrogens with zero attached hydrogens (tertiary/aromatic N) is 2. The summed E-state index contributed by atoms with van der Waals surface area (Å²) in [7, 11) is -2.54. The second-order valence-corrected chi connectivity index (χ2v) is 9.80. The number of carboxylic acid groups (broad SMARTS) is 1. The molecule has 0 aliphatic heterocycles. The molecule has 0 bridgehead atoms. The maximum Gasteiger partial charge on any atom is 0.305 e. The van der Waals surface area contributed by atoms with Crippen molar-refractivity contribution in [3.8, 4) is 22.4 Å². The van der Waals surface area contributed by atoms with Crippen molar-refractivity contribution in [3.05, 3.63) is 66.1 Å². The van der Waals surface area contributed by atoms with Gasteiger partial charge in [0.05, 0.1) is 19.1 Å². The third kappa shape index (κ3) is 6.86. The zero-order chi connectivity index (χ0) is 24.7. The van der Waals surface area contributed by atoms with Crippen molar-refractivity contribution in [1.82, 2.24) is 9.78 Å². The molecule has 0 aliphatic carbocycles. The molecule has 2 atom stereocenters. The first-order chi connectivity index (χ1) is 16.3. The molecule has 7 nitrogen and oxygen atoms in total. The van der Waals surface area contributed by atoms with E-state index in [1.807, 2.05) is 48.9 Å². The maximum absolute atomic E-state index is 13.6. The molecule has 1 unspecified atom stereocenters. The summed E-state index contributed by atoms with van der Waals surface area (Å²) in [5.74, 6) is -1.46. The Morgan fingerprint density at radius 1 is 1.12 bits per heavy atom. The molecule has 0 saturated carbocycles. The third-order valence-electron chi connectivity index (χ3n) is 5.31. The van der Waals surface area contributed by atoms with Gasteiger partial charge in [-0.3, -0.25) is 14.0 Å². The molecular formula is C25H30FN2O5P. The molecule has 0 radical (unpaired) electrons. The van der Waals surface area contributed by atoms with Crippen molar-refractivity contribution in [2.75, 3.05) is 12.8 Å². The molecule has 2 aromatic carbocycles. The van der Waals surface area contributed by atoms with E-state index >= 15 is 0 Å². The summed E-state index contributed by atoms with van der Waals surface area (Å²) in [4.78, 5) is 10.6. The van der Waals surface area contributed by atoms with Crippen molar-refractivity contribution >= 4 is 14.0 Å². The van der Waals surface area contributed by atoms with E-state index in [9.17, 15) is 18.9 Å². The predicted molar refractivity (Wildman–Crippen MR) is 130 cm³/mol. The van der Waals surface area contributed by atoms with E-state index in [-0.39, 0.29) is 24.6 Å². The summed E-state index contributed by atoms with van der Waals surface area (Å²) in [6, 6.07) is 16.2. The van der Waals surface area contributed by atoms with Gasteiger partial charge in [0, 0.05) is 29.0 Å². The Morgan fingerprint density at radius 2 is 1.79 bits per heavy atom. The van der Waals surface area contributed by atoms with Gasteiger partial charge in [-0.1, -0.05) is 42.5 Å². The van der Waals surface area contributed by atoms with Crippen LogP contribution in [-0.4, -0.2) is 44.8 Å². The summed E-state index contributed by atoms with van der Waals surface area (Å²) >= 11 is 0. The number of halogens is 1. The van der Waals surface area contributed by atoms with Gasteiger partial charge in [-0.25, -0.2) is 4.39 Å². The fourth-order valence-corrected chi connectivity index (χ4v) is 4.82. The molecular weight excluding hydrogens is 458 g/mol. The normalized spacial score (nSPS) is 13.2. The van der Waals surface area contributed by atoms with Gasteiger partial charge in [0.15, 0.2) is 8.03 Å². The van der Waals surface area contributed by atoms with Crippen molar-refractivity contribution in [2.24, 2.45) is 0 Å². The second-order valence-electron chi connectivity index (χ2n) is 8.36. The highest BCUT2D eigenvalue weighted by atomic mass is 31.1. The number of aliphatic hydroxyl groups is 1. The SMILES string of the molecule is CC(C)n1nc(-c2ccccc2)c(-c2ccc(F)cc2)c1CCCO[PH](=O)C[C@@H](O)CC(=O)O. The highest BCUT2D eigenvalue weighted by Gasteiger charge is 2.22. The summed E-state index contributed by atoms with van der Waals surface area (Å²) in [5.41, 5.74) is 4.51. The minimum Gasteiger partial charge on any atom is -0.481 e. The lowest BCUT2D eigenvalue weighted by Gasteiger charge is -2.13. The second kappa shape index (κ2) is 12.1. The topological polar surface area (TPSA) is 102 Å². The summed E-state index contributed by atoms with van der Waals surface area (Å²) in [6.07, 6.45) is -0.704. The van der Waals surface area contributed by atoms with E-state index in [4.69, 9.17) is 14.7 Å². The largest absolute Gasteiger partial charge is 0.481 e. The quantitative estimate of drug-likeness (QED) is 0.269. The average molecular weight is 488 g/mol. The number of benzene rings is 2. The highest BCUT2D eigenvalue weighted by molar-refractivity contribution is 7.39. The van der Waals surface area contributed by atoms with Gasteiger partial charge >= 0.3 is 5.97 Å². The van der Waals surface area contributed by atoms with Crippen LogP contribution in [0.2, 0.25) is 0 Å². The van der Waals surface area contributed by atoms with Crippen LogP contribution in [0.25, 0.3) is 22.4 Å². The van der Waals surface area contributed by atoms with Crippen LogP contribution in [0.4, 0.5) is 4.39 Å². The Morgan fingerprint density at radius 3 is 2.41 bits per heavy atom. The molecule has 0 fully saturated rings. The lowest BCUT2D eigenvalue weighted by Crippen LogP contribution is -2.15. The molecule has 3 aromatic rings. The van der Waals surface area contributed by atoms with Crippen molar-refractivity contribution in [3.63, 3.8) is 0 Å². The average Bonchev–Trinajstić information content (AvgIpc) is 3.17. The van der Waals surface area contributed by atoms with E-state index in [0.717, 1.165) is 28.1 Å². The third-order valence-corrected chi connectivity index (χ3v) is 6.64. The van der Waals surface area contributed by atoms with E-state index in [1.54, 1.807) is 12.1 Å². The van der Waals surface area contributed by atoms with Crippen LogP contribution in [0.5, 0.6) is 0 Å². The van der Waals surface area contributed by atoms with Crippen LogP contribution in [0.15, 0.2) is 54.6 Å². The van der Waals surface area contributed by atoms with Gasteiger partial charge in [0.25, 0.3) is 0 Å². The highest BCUT2D eigenvalue weighted by Crippen LogP contribution is 2.37. The Balaban J connectivity index is 1.83. The maximum atomic E-state index is 13.6. The van der Waals surface area contributed by atoms with Crippen LogP contribution in [0.3, 0.4) is 0 Å². The summed E-state index contributed by atoms with van der Waals surface area (Å²) in [5, 5.41) is 23.2. The van der Waals surface area contributed by atoms with Gasteiger partial charge in [0.1, 0.15) is 11.5 Å². The minimum atomic E-state index is -2.54. The molecule has 3 rings (SSSR count). The predicted octanol–water partition coefficient (Wildman–Crippen LogP) is 5.20. The molecule has 34 heavy (non-hydrogen) atoms. The number of aromatic nitrogens is 2. The zero-order valence-corrected chi connectivity index (χ0v) is 20.3. The molecule has 2 N–H and O–H groups in total. The van der Waals surface area contributed by atoms with Gasteiger partial charge < -0.3 is 14.7 Å². The summed E-state index contributed by atoms with van der Waals surface area (Å²) in [6.45, 7) is 4.28. The number of aliphatic hydroxyl groups excluding tert-OH is 1. The number of hydrogen-bond acceptors (Lipinski definition) is 5. The lowest BCUT2D eigenvalue weighted by atomic mass is 9.97. The smallest absolute Gasteiger partial charge is 0.305 e. The first-order valence-corrected chi connectivity index (χ1v) is 12.8. The standard InChI is InChI=1S/C25H30FN2O5P/c1-17(2)28-22(9-6-14-33-34(32)16-21(29)15-23(30)31)24(18-10-12-20(26)13-11-18)25(27-28)19-7-4-3-5-8-19/h3-5,7-8,10-13,17,21,29,34H,6,9,14-16H2,1-2H3,(H,30,31)/t21-/m0/s1. The first kappa shape index (κ1) is 25.8. The van der Waals surface area contributed by atoms with Crippen LogP contribution < -0.4 is 0 Å². The molecule has 182 valence electrons. The number of hydrogen-bond donors (Lipinski definition) is 2. The van der Waals surface area contributed by atoms with Crippen molar-refractivity contribution in [1.29, 1.82) is 0 Å². The molecule has 0 saturated heterocycles. The Labute approximate surface area is 199 Å². The number of carbonyl (C=O) groups is 1. The number of aliphatic carboxylic acids is 1. The monoisotopic (exact) mass is 488 g/mol. The lowest BCUT2D eigenvalue weighted by molar-refractivity contribution is -0.138. The van der Waals surface area contributed by atoms with E-state index in [0.29, 0.717) is 12.8 Å². The fourth-order valence-electron chi connectivity index (χ4n) is 3.80. The first-order valence-electron chi connectivity index (χ1n) is 11.2. The van der Waals surface area contributed by atoms with Crippen LogP contribution >= 0.6 is 8.03 Å². The number of carboxylic acids is 1. The van der Waals surface area contributed by atoms with Gasteiger partial charge in [-0.15, -0.1) is 0 Å². The van der Waals surface area contributed by atoms with Gasteiger partial charge in [-0.2, -0.15) is 5.10 Å². The van der Waals surface area contributed by atoms with Crippen LogP contribution in [-0.2, 0) is 20.3 Å². The molecule has 1 heterocycles. The Bertz CT molecular complexity index is 1120. The number of rotatable bonds is 12. The van der Waals surface area contributed by atoms with E-state index < -0.39 is 26.5 Å². The molecule has 9 heteroatoms. The molecule has 0 aliphatic rings. The Hall–Kier alpha value is -2.80. The van der Waals surface area contributed by atoms with E-state index in [1.165, 1.54) is 12.1 Å². The molecule has 1 aromatic heterocycles. The van der Waals surface area contributed by atoms with Gasteiger partial charge in [-0.05, 0) is 44.4 Å². The van der Waals surface area contributed by atoms with Crippen molar-refractivity contribution in [2.45, 2.75) is 45.3 Å². The van der Waals surface area contributed by atoms with Crippen molar-refractivity contribution < 1.29 is 28.5 Å².